The molecule has 1 rings (SSSR count). The fourth-order valence-electron chi connectivity index (χ4n) is 1.62. The first-order chi connectivity index (χ1) is 9.52. The maximum absolute atomic E-state index is 11.6. The summed E-state index contributed by atoms with van der Waals surface area (Å²) in [6.45, 7) is 2.36. The van der Waals surface area contributed by atoms with E-state index in [1.807, 2.05) is 6.92 Å². The Bertz CT molecular complexity index is 500. The monoisotopic (exact) mass is 278 g/mol. The first-order valence-corrected chi connectivity index (χ1v) is 6.43. The van der Waals surface area contributed by atoms with Gasteiger partial charge in [-0.25, -0.2) is 0 Å². The SMILES string of the molecule is CCNC(=O)c1cccc(NC(=O)CCCC(=O)O)c1. The molecule has 1 aromatic rings. The number of carbonyl (C=O) groups is 3. The second-order valence-corrected chi connectivity index (χ2v) is 4.24. The van der Waals surface area contributed by atoms with Gasteiger partial charge < -0.3 is 15.7 Å². The number of hydrogen-bond donors (Lipinski definition) is 3. The zero-order valence-electron chi connectivity index (χ0n) is 11.3. The molecule has 0 unspecified atom stereocenters. The predicted octanol–water partition coefficient (Wildman–Crippen LogP) is 1.63. The maximum atomic E-state index is 11.6. The number of carboxylic acid groups (broad SMARTS) is 1. The number of amides is 2. The van der Waals surface area contributed by atoms with E-state index in [1.54, 1.807) is 24.3 Å². The second-order valence-electron chi connectivity index (χ2n) is 4.24. The van der Waals surface area contributed by atoms with Crippen LogP contribution in [0.5, 0.6) is 0 Å². The van der Waals surface area contributed by atoms with Crippen molar-refractivity contribution in [2.24, 2.45) is 0 Å². The van der Waals surface area contributed by atoms with Crippen molar-refractivity contribution in [2.45, 2.75) is 26.2 Å². The lowest BCUT2D eigenvalue weighted by Crippen LogP contribution is -2.22. The molecule has 6 heteroatoms. The number of rotatable bonds is 7. The van der Waals surface area contributed by atoms with Gasteiger partial charge in [-0.2, -0.15) is 0 Å². The van der Waals surface area contributed by atoms with Gasteiger partial charge in [0.25, 0.3) is 5.91 Å². The predicted molar refractivity (Wildman–Crippen MR) is 74.6 cm³/mol. The van der Waals surface area contributed by atoms with Crippen molar-refractivity contribution in [3.8, 4) is 0 Å². The third-order valence-electron chi connectivity index (χ3n) is 2.54. The Kier molecular flexibility index (Phi) is 6.22. The Morgan fingerprint density at radius 2 is 1.95 bits per heavy atom. The van der Waals surface area contributed by atoms with Gasteiger partial charge in [0, 0.05) is 30.6 Å². The van der Waals surface area contributed by atoms with E-state index in [4.69, 9.17) is 5.11 Å². The van der Waals surface area contributed by atoms with E-state index in [0.717, 1.165) is 0 Å². The van der Waals surface area contributed by atoms with Gasteiger partial charge in [-0.1, -0.05) is 6.07 Å². The molecule has 0 atom stereocenters. The first-order valence-electron chi connectivity index (χ1n) is 6.43. The Balaban J connectivity index is 2.55. The van der Waals surface area contributed by atoms with E-state index >= 15 is 0 Å². The average Bonchev–Trinajstić information content (AvgIpc) is 2.38. The summed E-state index contributed by atoms with van der Waals surface area (Å²) in [7, 11) is 0. The van der Waals surface area contributed by atoms with E-state index < -0.39 is 5.97 Å². The molecule has 0 heterocycles. The number of nitrogens with one attached hydrogen (secondary N) is 2. The van der Waals surface area contributed by atoms with E-state index in [2.05, 4.69) is 10.6 Å². The van der Waals surface area contributed by atoms with Gasteiger partial charge in [0.15, 0.2) is 0 Å². The van der Waals surface area contributed by atoms with Crippen LogP contribution < -0.4 is 10.6 Å². The third-order valence-corrected chi connectivity index (χ3v) is 2.54. The van der Waals surface area contributed by atoms with Gasteiger partial charge in [0.1, 0.15) is 0 Å². The molecule has 0 aliphatic heterocycles. The maximum Gasteiger partial charge on any atom is 0.303 e. The van der Waals surface area contributed by atoms with Crippen LogP contribution in [0.3, 0.4) is 0 Å². The summed E-state index contributed by atoms with van der Waals surface area (Å²) in [4.78, 5) is 33.6. The molecule has 0 spiro atoms. The summed E-state index contributed by atoms with van der Waals surface area (Å²) in [5.41, 5.74) is 0.990. The minimum Gasteiger partial charge on any atom is -0.481 e. The summed E-state index contributed by atoms with van der Waals surface area (Å²) in [5, 5.41) is 13.8. The van der Waals surface area contributed by atoms with Crippen LogP contribution in [0.2, 0.25) is 0 Å². The van der Waals surface area contributed by atoms with E-state index in [-0.39, 0.29) is 31.1 Å². The Hall–Kier alpha value is -2.37. The van der Waals surface area contributed by atoms with E-state index in [0.29, 0.717) is 17.8 Å². The molecule has 1 aromatic carbocycles. The highest BCUT2D eigenvalue weighted by molar-refractivity contribution is 5.97. The topological polar surface area (TPSA) is 95.5 Å². The Morgan fingerprint density at radius 3 is 2.60 bits per heavy atom. The number of carbonyl (C=O) groups excluding carboxylic acids is 2. The van der Waals surface area contributed by atoms with Crippen LogP contribution in [0.4, 0.5) is 5.69 Å². The number of hydrogen-bond acceptors (Lipinski definition) is 3. The lowest BCUT2D eigenvalue weighted by molar-refractivity contribution is -0.137. The summed E-state index contributed by atoms with van der Waals surface area (Å²) >= 11 is 0. The molecule has 0 radical (unpaired) electrons. The Labute approximate surface area is 117 Å². The second kappa shape index (κ2) is 7.93. The quantitative estimate of drug-likeness (QED) is 0.706. The van der Waals surface area contributed by atoms with Crippen LogP contribution in [0.1, 0.15) is 36.5 Å². The molecule has 0 aliphatic carbocycles. The van der Waals surface area contributed by atoms with Crippen molar-refractivity contribution >= 4 is 23.5 Å². The van der Waals surface area contributed by atoms with E-state index in [1.165, 1.54) is 0 Å². The fraction of sp³-hybridized carbons (Fsp3) is 0.357. The van der Waals surface area contributed by atoms with Crippen LogP contribution in [0, 0.1) is 0 Å². The van der Waals surface area contributed by atoms with Crippen molar-refractivity contribution in [3.63, 3.8) is 0 Å². The van der Waals surface area contributed by atoms with Crippen molar-refractivity contribution < 1.29 is 19.5 Å². The lowest BCUT2D eigenvalue weighted by atomic mass is 10.1. The van der Waals surface area contributed by atoms with Gasteiger partial charge >= 0.3 is 5.97 Å². The molecule has 108 valence electrons. The third kappa shape index (κ3) is 5.51. The summed E-state index contributed by atoms with van der Waals surface area (Å²) < 4.78 is 0. The highest BCUT2D eigenvalue weighted by Gasteiger charge is 2.07. The van der Waals surface area contributed by atoms with Crippen molar-refractivity contribution in [1.29, 1.82) is 0 Å². The van der Waals surface area contributed by atoms with Crippen LogP contribution in [0.15, 0.2) is 24.3 Å². The number of aliphatic carboxylic acids is 1. The van der Waals surface area contributed by atoms with Gasteiger partial charge in [-0.15, -0.1) is 0 Å². The first kappa shape index (κ1) is 15.7. The average molecular weight is 278 g/mol. The summed E-state index contributed by atoms with van der Waals surface area (Å²) in [6, 6.07) is 6.60. The van der Waals surface area contributed by atoms with Gasteiger partial charge in [-0.05, 0) is 31.5 Å². The molecule has 6 nitrogen and oxygen atoms in total. The van der Waals surface area contributed by atoms with Gasteiger partial charge in [0.2, 0.25) is 5.91 Å². The molecule has 20 heavy (non-hydrogen) atoms. The van der Waals surface area contributed by atoms with Crippen molar-refractivity contribution in [1.82, 2.24) is 5.32 Å². The summed E-state index contributed by atoms with van der Waals surface area (Å²) in [5.74, 6) is -1.38. The van der Waals surface area contributed by atoms with Crippen LogP contribution >= 0.6 is 0 Å². The highest BCUT2D eigenvalue weighted by atomic mass is 16.4. The molecule has 3 N–H and O–H groups in total. The van der Waals surface area contributed by atoms with Crippen molar-refractivity contribution in [2.75, 3.05) is 11.9 Å². The molecule has 2 amide bonds. The molecule has 0 saturated heterocycles. The molecule has 0 aliphatic rings. The fourth-order valence-corrected chi connectivity index (χ4v) is 1.62. The summed E-state index contributed by atoms with van der Waals surface area (Å²) in [6.07, 6.45) is 0.390. The Morgan fingerprint density at radius 1 is 1.20 bits per heavy atom. The lowest BCUT2D eigenvalue weighted by Gasteiger charge is -2.07. The molecule has 0 fully saturated rings. The van der Waals surface area contributed by atoms with Gasteiger partial charge in [0.05, 0.1) is 0 Å². The largest absolute Gasteiger partial charge is 0.481 e. The van der Waals surface area contributed by atoms with Crippen LogP contribution in [-0.2, 0) is 9.59 Å². The molecular formula is C14H18N2O4. The molecule has 0 aromatic heterocycles. The smallest absolute Gasteiger partial charge is 0.303 e. The zero-order chi connectivity index (χ0) is 15.0. The number of anilines is 1. The molecule has 0 bridgehead atoms. The minimum absolute atomic E-state index is 0.0354. The van der Waals surface area contributed by atoms with Crippen molar-refractivity contribution in [3.05, 3.63) is 29.8 Å². The molecule has 0 saturated carbocycles. The normalized spacial score (nSPS) is 9.85. The van der Waals surface area contributed by atoms with E-state index in [9.17, 15) is 14.4 Å². The number of benzene rings is 1. The minimum atomic E-state index is -0.920. The standard InChI is InChI=1S/C14H18N2O4/c1-2-15-14(20)10-5-3-6-11(9-10)16-12(17)7-4-8-13(18)19/h3,5-6,9H,2,4,7-8H2,1H3,(H,15,20)(H,16,17)(H,18,19). The highest BCUT2D eigenvalue weighted by Crippen LogP contribution is 2.11. The van der Waals surface area contributed by atoms with Crippen LogP contribution in [-0.4, -0.2) is 29.4 Å². The van der Waals surface area contributed by atoms with Gasteiger partial charge in [-0.3, -0.25) is 14.4 Å². The zero-order valence-corrected chi connectivity index (χ0v) is 11.3. The molecular weight excluding hydrogens is 260 g/mol. The van der Waals surface area contributed by atoms with Crippen LogP contribution in [0.25, 0.3) is 0 Å². The number of carboxylic acids is 1.